The molecule has 1 aromatic carbocycles. The van der Waals surface area contributed by atoms with Crippen LogP contribution in [-0.4, -0.2) is 42.6 Å². The maximum atomic E-state index is 13.5. The van der Waals surface area contributed by atoms with Crippen LogP contribution in [-0.2, 0) is 29.1 Å². The van der Waals surface area contributed by atoms with E-state index < -0.39 is 11.3 Å². The van der Waals surface area contributed by atoms with E-state index in [1.54, 1.807) is 23.2 Å². The lowest BCUT2D eigenvalue weighted by atomic mass is 9.86. The number of aryl methyl sites for hydroxylation is 1. The predicted molar refractivity (Wildman–Crippen MR) is 160 cm³/mol. The highest BCUT2D eigenvalue weighted by Gasteiger charge is 2.33. The normalized spacial score (nSPS) is 14.9. The number of carboxylic acid groups (broad SMARTS) is 1. The first-order valence-corrected chi connectivity index (χ1v) is 15.5. The van der Waals surface area contributed by atoms with Gasteiger partial charge in [-0.15, -0.1) is 12.6 Å². The van der Waals surface area contributed by atoms with Crippen molar-refractivity contribution in [1.29, 1.82) is 0 Å². The lowest BCUT2D eigenvalue weighted by Crippen LogP contribution is -2.44. The van der Waals surface area contributed by atoms with E-state index in [9.17, 15) is 19.5 Å². The predicted octanol–water partition coefficient (Wildman–Crippen LogP) is 6.90. The minimum Gasteiger partial charge on any atom is -0.478 e. The number of benzene rings is 1. The van der Waals surface area contributed by atoms with Gasteiger partial charge in [0.05, 0.1) is 24.0 Å². The number of imidazole rings is 1. The molecule has 1 unspecified atom stereocenters. The Labute approximate surface area is 246 Å². The van der Waals surface area contributed by atoms with E-state index in [4.69, 9.17) is 17.6 Å². The van der Waals surface area contributed by atoms with Crippen molar-refractivity contribution in [2.45, 2.75) is 103 Å². The fourth-order valence-corrected chi connectivity index (χ4v) is 6.13. The van der Waals surface area contributed by atoms with Crippen LogP contribution in [0.2, 0.25) is 0 Å². The van der Waals surface area contributed by atoms with Crippen LogP contribution in [0.5, 0.6) is 0 Å². The number of hydrogen-bond donors (Lipinski definition) is 2. The van der Waals surface area contributed by atoms with E-state index in [1.165, 1.54) is 0 Å². The van der Waals surface area contributed by atoms with Gasteiger partial charge in [0.2, 0.25) is 5.91 Å². The zero-order chi connectivity index (χ0) is 28.5. The van der Waals surface area contributed by atoms with Crippen molar-refractivity contribution in [2.75, 3.05) is 0 Å². The van der Waals surface area contributed by atoms with Crippen molar-refractivity contribution in [1.82, 2.24) is 14.5 Å². The highest BCUT2D eigenvalue weighted by Crippen LogP contribution is 2.29. The second-order valence-electron chi connectivity index (χ2n) is 11.0. The molecule has 1 aromatic heterocycles. The lowest BCUT2D eigenvalue weighted by Gasteiger charge is -2.32. The van der Waals surface area contributed by atoms with Crippen molar-refractivity contribution < 1.29 is 19.5 Å². The Morgan fingerprint density at radius 2 is 1.92 bits per heavy atom. The number of hydrogen-bond acceptors (Lipinski definition) is 5. The number of carbonyl (C=O) groups is 3. The lowest BCUT2D eigenvalue weighted by molar-refractivity contribution is -0.139. The number of aromatic carboxylic acids is 1. The van der Waals surface area contributed by atoms with Crippen LogP contribution >= 0.6 is 28.6 Å². The highest BCUT2D eigenvalue weighted by atomic mass is 79.9. The summed E-state index contributed by atoms with van der Waals surface area (Å²) in [5.41, 5.74) is 1.96. The summed E-state index contributed by atoms with van der Waals surface area (Å²) in [5.74, 6) is 0.233. The first kappa shape index (κ1) is 31.4. The Hall–Kier alpha value is -2.13. The number of halogens is 1. The fraction of sp³-hybridized carbons (Fsp3) is 0.600. The highest BCUT2D eigenvalue weighted by molar-refractivity contribution is 9.10. The number of nitrogens with zero attached hydrogens (tertiary/aromatic N) is 3. The van der Waals surface area contributed by atoms with E-state index in [0.717, 1.165) is 74.9 Å². The van der Waals surface area contributed by atoms with Gasteiger partial charge in [0, 0.05) is 29.8 Å². The molecule has 1 heterocycles. The zero-order valence-corrected chi connectivity index (χ0v) is 25.8. The fourth-order valence-electron chi connectivity index (χ4n) is 5.11. The van der Waals surface area contributed by atoms with E-state index in [0.29, 0.717) is 23.4 Å². The van der Waals surface area contributed by atoms with Crippen LogP contribution in [0, 0.1) is 11.8 Å². The molecule has 0 radical (unpaired) electrons. The molecule has 1 atom stereocenters. The van der Waals surface area contributed by atoms with Gasteiger partial charge in [-0.2, -0.15) is 0 Å². The maximum Gasteiger partial charge on any atom is 0.336 e. The number of amides is 1. The molecular formula is C30H42BrN3O4S. The van der Waals surface area contributed by atoms with E-state index >= 15 is 0 Å². The molecular weight excluding hydrogens is 578 g/mol. The van der Waals surface area contributed by atoms with Crippen molar-refractivity contribution >= 4 is 46.2 Å². The molecule has 1 amide bonds. The van der Waals surface area contributed by atoms with Crippen LogP contribution in [0.3, 0.4) is 0 Å². The maximum absolute atomic E-state index is 13.5. The van der Waals surface area contributed by atoms with Crippen molar-refractivity contribution in [2.24, 2.45) is 11.8 Å². The molecule has 3 rings (SSSR count). The number of aromatic nitrogens is 2. The second kappa shape index (κ2) is 15.0. The molecule has 1 aliphatic carbocycles. The van der Waals surface area contributed by atoms with Crippen LogP contribution in [0.1, 0.15) is 106 Å². The third-order valence-corrected chi connectivity index (χ3v) is 8.71. The van der Waals surface area contributed by atoms with Crippen LogP contribution in [0.4, 0.5) is 0 Å². The minimum absolute atomic E-state index is 0.0430. The summed E-state index contributed by atoms with van der Waals surface area (Å²) in [4.78, 5) is 44.8. The summed E-state index contributed by atoms with van der Waals surface area (Å²) in [6, 6.07) is 5.22. The summed E-state index contributed by atoms with van der Waals surface area (Å²) in [6.07, 6.45) is 10.7. The van der Waals surface area contributed by atoms with Gasteiger partial charge in [-0.05, 0) is 65.2 Å². The Balaban J connectivity index is 1.93. The second-order valence-corrected chi connectivity index (χ2v) is 12.4. The molecule has 1 saturated carbocycles. The smallest absolute Gasteiger partial charge is 0.336 e. The third kappa shape index (κ3) is 8.68. The molecule has 2 aromatic rings. The van der Waals surface area contributed by atoms with Gasteiger partial charge in [-0.3, -0.25) is 9.59 Å². The average Bonchev–Trinajstić information content (AvgIpc) is 3.29. The standard InChI is InChI=1S/C30H42BrN3O4S/c1-4-5-11-26-32-17-23(33(26)18-21-13-14-24(30(37)38)25(31)16-21)19-34(27(35)15-12-20(2)3)29(39)28(36)22-9-7-6-8-10-22/h13-14,16-17,20,22,29,39H,4-12,15,18-19H2,1-3H3,(H,37,38). The van der Waals surface area contributed by atoms with E-state index in [-0.39, 0.29) is 29.7 Å². The van der Waals surface area contributed by atoms with Gasteiger partial charge in [-0.1, -0.05) is 52.5 Å². The number of carbonyl (C=O) groups excluding carboxylic acids is 2. The number of carboxylic acids is 1. The number of ketones is 1. The molecule has 1 aliphatic rings. The molecule has 1 N–H and O–H groups in total. The Bertz CT molecular complexity index is 1140. The monoisotopic (exact) mass is 619 g/mol. The Morgan fingerprint density at radius 1 is 1.21 bits per heavy atom. The SMILES string of the molecule is CCCCc1ncc(CN(C(=O)CCC(C)C)C(S)C(=O)C2CCCCC2)n1Cc1ccc(C(=O)O)c(Br)c1. The minimum atomic E-state index is -0.988. The van der Waals surface area contributed by atoms with Crippen molar-refractivity contribution in [3.8, 4) is 0 Å². The first-order valence-electron chi connectivity index (χ1n) is 14.2. The Kier molecular flexibility index (Phi) is 12.1. The van der Waals surface area contributed by atoms with Crippen molar-refractivity contribution in [3.63, 3.8) is 0 Å². The third-order valence-electron chi connectivity index (χ3n) is 7.52. The largest absolute Gasteiger partial charge is 0.478 e. The Morgan fingerprint density at radius 3 is 2.54 bits per heavy atom. The van der Waals surface area contributed by atoms with Crippen LogP contribution in [0.15, 0.2) is 28.9 Å². The van der Waals surface area contributed by atoms with Crippen LogP contribution < -0.4 is 0 Å². The molecule has 0 aliphatic heterocycles. The molecule has 0 bridgehead atoms. The summed E-state index contributed by atoms with van der Waals surface area (Å²) < 4.78 is 2.62. The molecule has 0 saturated heterocycles. The number of Topliss-reactive ketones (excluding diaryl/α,β-unsaturated/α-hetero) is 1. The molecule has 214 valence electrons. The topological polar surface area (TPSA) is 92.5 Å². The molecule has 9 heteroatoms. The quantitative estimate of drug-likeness (QED) is 0.177. The molecule has 7 nitrogen and oxygen atoms in total. The molecule has 1 fully saturated rings. The van der Waals surface area contributed by atoms with Crippen molar-refractivity contribution in [3.05, 3.63) is 51.5 Å². The molecule has 0 spiro atoms. The number of unbranched alkanes of at least 4 members (excludes halogenated alkanes) is 1. The summed E-state index contributed by atoms with van der Waals surface area (Å²) in [5, 5.41) is 8.61. The summed E-state index contributed by atoms with van der Waals surface area (Å²) in [7, 11) is 0. The van der Waals surface area contributed by atoms with E-state index in [1.807, 2.05) is 6.07 Å². The summed E-state index contributed by atoms with van der Waals surface area (Å²) in [6.45, 7) is 7.04. The van der Waals surface area contributed by atoms with Gasteiger partial charge >= 0.3 is 5.97 Å². The summed E-state index contributed by atoms with van der Waals surface area (Å²) >= 11 is 8.13. The van der Waals surface area contributed by atoms with E-state index in [2.05, 4.69) is 41.3 Å². The van der Waals surface area contributed by atoms with Gasteiger partial charge < -0.3 is 14.6 Å². The van der Waals surface area contributed by atoms with Crippen LogP contribution in [0.25, 0.3) is 0 Å². The zero-order valence-electron chi connectivity index (χ0n) is 23.4. The molecule has 39 heavy (non-hydrogen) atoms. The average molecular weight is 621 g/mol. The van der Waals surface area contributed by atoms with Gasteiger partial charge in [0.25, 0.3) is 0 Å². The van der Waals surface area contributed by atoms with Gasteiger partial charge in [0.15, 0.2) is 5.78 Å². The number of thiol groups is 1. The number of rotatable bonds is 14. The first-order chi connectivity index (χ1) is 18.6. The van der Waals surface area contributed by atoms with Gasteiger partial charge in [-0.25, -0.2) is 9.78 Å². The van der Waals surface area contributed by atoms with Gasteiger partial charge in [0.1, 0.15) is 11.2 Å².